The molecule has 4 bridgehead atoms. The van der Waals surface area contributed by atoms with E-state index in [2.05, 4.69) is 12.1 Å². The summed E-state index contributed by atoms with van der Waals surface area (Å²) in [5.74, 6) is 2.53. The van der Waals surface area contributed by atoms with Gasteiger partial charge in [-0.05, 0) is 56.8 Å². The van der Waals surface area contributed by atoms with Gasteiger partial charge in [0.2, 0.25) is 0 Å². The lowest BCUT2D eigenvalue weighted by Crippen LogP contribution is -2.56. The first-order valence-corrected chi connectivity index (χ1v) is 6.81. The highest BCUT2D eigenvalue weighted by atomic mass is 35.5. The van der Waals surface area contributed by atoms with Gasteiger partial charge >= 0.3 is 0 Å². The van der Waals surface area contributed by atoms with Crippen LogP contribution in [0, 0.1) is 23.2 Å². The highest BCUT2D eigenvalue weighted by molar-refractivity contribution is 6.23. The van der Waals surface area contributed by atoms with E-state index in [9.17, 15) is 0 Å². The van der Waals surface area contributed by atoms with Gasteiger partial charge in [-0.15, -0.1) is 11.6 Å². The monoisotopic (exact) mass is 241 g/mol. The summed E-state index contributed by atoms with van der Waals surface area (Å²) in [5, 5.41) is 4.49. The molecule has 3 unspecified atom stereocenters. The predicted molar refractivity (Wildman–Crippen MR) is 65.7 cm³/mol. The molecule has 4 aliphatic rings. The third-order valence-electron chi connectivity index (χ3n) is 5.14. The first-order valence-electron chi connectivity index (χ1n) is 6.38. The Hall–Kier alpha value is -0.240. The van der Waals surface area contributed by atoms with Gasteiger partial charge in [0.1, 0.15) is 7.11 Å². The van der Waals surface area contributed by atoms with Gasteiger partial charge in [0.15, 0.2) is 0 Å². The maximum Gasteiger partial charge on any atom is 0.106 e. The minimum absolute atomic E-state index is 0.159. The molecule has 16 heavy (non-hydrogen) atoms. The van der Waals surface area contributed by atoms with E-state index in [0.717, 1.165) is 23.5 Å². The fourth-order valence-electron chi connectivity index (χ4n) is 4.70. The fraction of sp³-hybridized carbons (Fsp3) is 0.923. The zero-order valence-electron chi connectivity index (χ0n) is 10.1. The maximum absolute atomic E-state index is 6.72. The molecule has 5 atom stereocenters. The Balaban J connectivity index is 1.96. The van der Waals surface area contributed by atoms with E-state index in [1.165, 1.54) is 32.1 Å². The smallest absolute Gasteiger partial charge is 0.106 e. The second kappa shape index (κ2) is 3.63. The number of hydrogen-bond acceptors (Lipinski definition) is 2. The van der Waals surface area contributed by atoms with Gasteiger partial charge in [-0.2, -0.15) is 0 Å². The van der Waals surface area contributed by atoms with Crippen molar-refractivity contribution in [2.45, 2.75) is 44.4 Å². The van der Waals surface area contributed by atoms with Crippen molar-refractivity contribution < 1.29 is 4.84 Å². The minimum atomic E-state index is 0.159. The molecular weight excluding hydrogens is 222 g/mol. The van der Waals surface area contributed by atoms with Gasteiger partial charge in [-0.25, -0.2) is 0 Å². The maximum atomic E-state index is 6.72. The van der Waals surface area contributed by atoms with E-state index < -0.39 is 0 Å². The van der Waals surface area contributed by atoms with Crippen LogP contribution in [-0.4, -0.2) is 18.2 Å². The number of rotatable bonds is 2. The van der Waals surface area contributed by atoms with Crippen molar-refractivity contribution in [3.63, 3.8) is 0 Å². The van der Waals surface area contributed by atoms with Crippen LogP contribution >= 0.6 is 11.6 Å². The van der Waals surface area contributed by atoms with Crippen LogP contribution in [0.4, 0.5) is 0 Å². The molecule has 0 heterocycles. The molecule has 0 aromatic carbocycles. The average molecular weight is 242 g/mol. The van der Waals surface area contributed by atoms with Crippen molar-refractivity contribution >= 4 is 17.3 Å². The van der Waals surface area contributed by atoms with Gasteiger partial charge in [-0.1, -0.05) is 5.16 Å². The molecule has 3 heteroatoms. The Morgan fingerprint density at radius 3 is 2.44 bits per heavy atom. The number of alkyl halides is 1. The number of halogens is 1. The summed E-state index contributed by atoms with van der Waals surface area (Å²) in [4.78, 5) is 4.97. The normalized spacial score (nSPS) is 50.8. The lowest BCUT2D eigenvalue weighted by atomic mass is 9.48. The quantitative estimate of drug-likeness (QED) is 0.412. The SMILES string of the molecule is CO/N=C(\C)C12C[C@@H]3CC(C[C@@H](C3)C1)C2Cl. The molecule has 0 aromatic heterocycles. The zero-order valence-corrected chi connectivity index (χ0v) is 10.8. The number of oxime groups is 1. The Kier molecular flexibility index (Phi) is 2.47. The summed E-state index contributed by atoms with van der Waals surface area (Å²) in [7, 11) is 1.63. The van der Waals surface area contributed by atoms with Gasteiger partial charge < -0.3 is 4.84 Å². The van der Waals surface area contributed by atoms with E-state index in [1.54, 1.807) is 7.11 Å². The largest absolute Gasteiger partial charge is 0.399 e. The van der Waals surface area contributed by atoms with Crippen molar-refractivity contribution in [3.05, 3.63) is 0 Å². The average Bonchev–Trinajstić information content (AvgIpc) is 2.25. The molecule has 4 fully saturated rings. The van der Waals surface area contributed by atoms with E-state index >= 15 is 0 Å². The Morgan fingerprint density at radius 1 is 1.25 bits per heavy atom. The predicted octanol–water partition coefficient (Wildman–Crippen LogP) is 3.44. The lowest BCUT2D eigenvalue weighted by molar-refractivity contribution is -0.00971. The molecule has 0 aromatic rings. The molecule has 4 rings (SSSR count). The standard InChI is InChI=1S/C13H20ClNO/c1-8(15-16-2)13-6-9-3-10(7-13)5-11(4-9)12(13)14/h9-12H,3-7H2,1-2H3/b15-8+/t9-,10+,11?,12?,13?. The van der Waals surface area contributed by atoms with Crippen LogP contribution in [0.3, 0.4) is 0 Å². The molecular formula is C13H20ClNO. The van der Waals surface area contributed by atoms with Gasteiger partial charge in [0, 0.05) is 10.8 Å². The van der Waals surface area contributed by atoms with Crippen molar-refractivity contribution in [2.75, 3.05) is 7.11 Å². The summed E-state index contributed by atoms with van der Waals surface area (Å²) in [6, 6.07) is 0. The lowest BCUT2D eigenvalue weighted by Gasteiger charge is -2.59. The van der Waals surface area contributed by atoms with Crippen molar-refractivity contribution in [3.8, 4) is 0 Å². The van der Waals surface area contributed by atoms with E-state index in [-0.39, 0.29) is 5.41 Å². The molecule has 2 nitrogen and oxygen atoms in total. The van der Waals surface area contributed by atoms with Crippen molar-refractivity contribution in [1.82, 2.24) is 0 Å². The highest BCUT2D eigenvalue weighted by Crippen LogP contribution is 2.62. The molecule has 0 spiro atoms. The van der Waals surface area contributed by atoms with Gasteiger partial charge in [0.05, 0.1) is 5.71 Å². The molecule has 0 radical (unpaired) electrons. The van der Waals surface area contributed by atoms with Crippen LogP contribution in [0.15, 0.2) is 5.16 Å². The zero-order chi connectivity index (χ0) is 11.3. The third-order valence-corrected chi connectivity index (χ3v) is 5.91. The summed E-state index contributed by atoms with van der Waals surface area (Å²) >= 11 is 6.72. The van der Waals surface area contributed by atoms with Crippen LogP contribution in [0.1, 0.15) is 39.0 Å². The number of hydrogen-bond donors (Lipinski definition) is 0. The van der Waals surface area contributed by atoms with E-state index in [4.69, 9.17) is 16.4 Å². The molecule has 90 valence electrons. The van der Waals surface area contributed by atoms with Crippen molar-refractivity contribution in [2.24, 2.45) is 28.3 Å². The molecule has 0 N–H and O–H groups in total. The fourth-order valence-corrected chi connectivity index (χ4v) is 5.24. The van der Waals surface area contributed by atoms with Crippen molar-refractivity contribution in [1.29, 1.82) is 0 Å². The topological polar surface area (TPSA) is 21.6 Å². The third kappa shape index (κ3) is 1.35. The molecule has 0 aliphatic heterocycles. The van der Waals surface area contributed by atoms with E-state index in [0.29, 0.717) is 5.38 Å². The molecule has 0 amide bonds. The van der Waals surface area contributed by atoms with Crippen LogP contribution in [-0.2, 0) is 4.84 Å². The highest BCUT2D eigenvalue weighted by Gasteiger charge is 2.58. The first kappa shape index (κ1) is 10.9. The Bertz CT molecular complexity index is 314. The summed E-state index contributed by atoms with van der Waals surface area (Å²) < 4.78 is 0. The Labute approximate surface area is 102 Å². The summed E-state index contributed by atoms with van der Waals surface area (Å²) in [6.45, 7) is 2.10. The second-order valence-corrected chi connectivity index (χ2v) is 6.49. The Morgan fingerprint density at radius 2 is 1.88 bits per heavy atom. The molecule has 4 saturated carbocycles. The molecule has 0 saturated heterocycles. The van der Waals surface area contributed by atoms with Crippen LogP contribution in [0.5, 0.6) is 0 Å². The number of nitrogens with zero attached hydrogens (tertiary/aromatic N) is 1. The van der Waals surface area contributed by atoms with Crippen LogP contribution in [0.25, 0.3) is 0 Å². The minimum Gasteiger partial charge on any atom is -0.399 e. The first-order chi connectivity index (χ1) is 7.65. The van der Waals surface area contributed by atoms with Crippen LogP contribution < -0.4 is 0 Å². The van der Waals surface area contributed by atoms with Gasteiger partial charge in [0.25, 0.3) is 0 Å². The molecule has 4 aliphatic carbocycles. The summed E-state index contributed by atoms with van der Waals surface area (Å²) in [5.41, 5.74) is 1.29. The van der Waals surface area contributed by atoms with Crippen LogP contribution in [0.2, 0.25) is 0 Å². The second-order valence-electron chi connectivity index (χ2n) is 6.02. The van der Waals surface area contributed by atoms with E-state index in [1.807, 2.05) is 0 Å². The summed E-state index contributed by atoms with van der Waals surface area (Å²) in [6.07, 6.45) is 6.63. The van der Waals surface area contributed by atoms with Gasteiger partial charge in [-0.3, -0.25) is 0 Å².